The van der Waals surface area contributed by atoms with Crippen molar-refractivity contribution in [2.75, 3.05) is 0 Å². The number of aryl methyl sites for hydroxylation is 1. The standard InChI is InChI=1S/C18H27FO/c1-12-5-6-14(11-16(12)19)17(20)13-7-9-15(10-8-13)18(2,3)4/h5-6,11,13,15,17,20H,7-10H2,1-4H3. The molecule has 0 spiro atoms. The Labute approximate surface area is 122 Å². The highest BCUT2D eigenvalue weighted by molar-refractivity contribution is 5.25. The van der Waals surface area contributed by atoms with E-state index in [1.54, 1.807) is 13.0 Å². The average Bonchev–Trinajstić information content (AvgIpc) is 2.40. The Balaban J connectivity index is 2.01. The van der Waals surface area contributed by atoms with Crippen molar-refractivity contribution in [3.63, 3.8) is 0 Å². The van der Waals surface area contributed by atoms with Gasteiger partial charge in [0.1, 0.15) is 5.82 Å². The van der Waals surface area contributed by atoms with Gasteiger partial charge in [0.25, 0.3) is 0 Å². The lowest BCUT2D eigenvalue weighted by Crippen LogP contribution is -2.28. The third-order valence-electron chi connectivity index (χ3n) is 4.98. The van der Waals surface area contributed by atoms with Gasteiger partial charge in [-0.1, -0.05) is 32.9 Å². The molecule has 0 amide bonds. The fraction of sp³-hybridized carbons (Fsp3) is 0.667. The maximum absolute atomic E-state index is 13.6. The summed E-state index contributed by atoms with van der Waals surface area (Å²) in [5.74, 6) is 0.793. The third kappa shape index (κ3) is 3.41. The van der Waals surface area contributed by atoms with E-state index in [2.05, 4.69) is 20.8 Å². The largest absolute Gasteiger partial charge is 0.388 e. The molecule has 0 radical (unpaired) electrons. The van der Waals surface area contributed by atoms with E-state index in [0.29, 0.717) is 11.0 Å². The minimum Gasteiger partial charge on any atom is -0.388 e. The molecule has 1 N–H and O–H groups in total. The van der Waals surface area contributed by atoms with E-state index in [0.717, 1.165) is 24.3 Å². The smallest absolute Gasteiger partial charge is 0.126 e. The Morgan fingerprint density at radius 2 is 1.75 bits per heavy atom. The van der Waals surface area contributed by atoms with Gasteiger partial charge in [0, 0.05) is 0 Å². The van der Waals surface area contributed by atoms with Crippen LogP contribution in [0.25, 0.3) is 0 Å². The van der Waals surface area contributed by atoms with E-state index in [-0.39, 0.29) is 11.7 Å². The van der Waals surface area contributed by atoms with Gasteiger partial charge in [0.2, 0.25) is 0 Å². The van der Waals surface area contributed by atoms with Crippen molar-refractivity contribution < 1.29 is 9.50 Å². The van der Waals surface area contributed by atoms with Gasteiger partial charge in [0.15, 0.2) is 0 Å². The molecule has 0 aromatic heterocycles. The Bertz CT molecular complexity index is 453. The molecule has 1 unspecified atom stereocenters. The summed E-state index contributed by atoms with van der Waals surface area (Å²) < 4.78 is 13.6. The molecular formula is C18H27FO. The quantitative estimate of drug-likeness (QED) is 0.805. The molecule has 1 atom stereocenters. The predicted octanol–water partition coefficient (Wildman–Crippen LogP) is 5.02. The number of hydrogen-bond acceptors (Lipinski definition) is 1. The molecule has 1 aromatic rings. The first-order chi connectivity index (χ1) is 9.29. The van der Waals surface area contributed by atoms with Crippen LogP contribution in [0.15, 0.2) is 18.2 Å². The normalized spacial score (nSPS) is 25.5. The second kappa shape index (κ2) is 5.85. The number of rotatable bonds is 2. The van der Waals surface area contributed by atoms with Crippen LogP contribution in [0.3, 0.4) is 0 Å². The molecule has 0 aliphatic heterocycles. The van der Waals surface area contributed by atoms with Crippen LogP contribution < -0.4 is 0 Å². The van der Waals surface area contributed by atoms with Crippen LogP contribution in [0, 0.1) is 30.0 Å². The maximum atomic E-state index is 13.6. The van der Waals surface area contributed by atoms with E-state index in [1.807, 2.05) is 6.07 Å². The van der Waals surface area contributed by atoms with E-state index in [1.165, 1.54) is 18.9 Å². The Morgan fingerprint density at radius 1 is 1.15 bits per heavy atom. The molecule has 2 rings (SSSR count). The van der Waals surface area contributed by atoms with Crippen molar-refractivity contribution in [3.05, 3.63) is 35.1 Å². The highest BCUT2D eigenvalue weighted by atomic mass is 19.1. The molecule has 1 fully saturated rings. The molecule has 0 bridgehead atoms. The highest BCUT2D eigenvalue weighted by Crippen LogP contribution is 2.43. The topological polar surface area (TPSA) is 20.2 Å². The monoisotopic (exact) mass is 278 g/mol. The van der Waals surface area contributed by atoms with E-state index in [4.69, 9.17) is 0 Å². The van der Waals surface area contributed by atoms with Crippen LogP contribution in [0.2, 0.25) is 0 Å². The summed E-state index contributed by atoms with van der Waals surface area (Å²) >= 11 is 0. The summed E-state index contributed by atoms with van der Waals surface area (Å²) in [6.07, 6.45) is 3.89. The number of aliphatic hydroxyl groups is 1. The molecule has 2 heteroatoms. The lowest BCUT2D eigenvalue weighted by atomic mass is 9.68. The minimum absolute atomic E-state index is 0.218. The zero-order valence-corrected chi connectivity index (χ0v) is 13.1. The van der Waals surface area contributed by atoms with Crippen LogP contribution in [0.1, 0.15) is 63.7 Å². The first-order valence-corrected chi connectivity index (χ1v) is 7.73. The summed E-state index contributed by atoms with van der Waals surface area (Å²) in [7, 11) is 0. The molecule has 0 saturated heterocycles. The van der Waals surface area contributed by atoms with E-state index in [9.17, 15) is 9.50 Å². The van der Waals surface area contributed by atoms with Gasteiger partial charge >= 0.3 is 0 Å². The number of aliphatic hydroxyl groups excluding tert-OH is 1. The van der Waals surface area contributed by atoms with Gasteiger partial charge in [-0.25, -0.2) is 4.39 Å². The molecule has 1 aromatic carbocycles. The Morgan fingerprint density at radius 3 is 2.25 bits per heavy atom. The first-order valence-electron chi connectivity index (χ1n) is 7.73. The molecule has 1 saturated carbocycles. The van der Waals surface area contributed by atoms with E-state index < -0.39 is 6.10 Å². The third-order valence-corrected chi connectivity index (χ3v) is 4.98. The summed E-state index contributed by atoms with van der Waals surface area (Å²) in [4.78, 5) is 0. The average molecular weight is 278 g/mol. The second-order valence-corrected chi connectivity index (χ2v) is 7.43. The fourth-order valence-electron chi connectivity index (χ4n) is 3.37. The maximum Gasteiger partial charge on any atom is 0.126 e. The summed E-state index contributed by atoms with van der Waals surface area (Å²) in [6.45, 7) is 8.64. The van der Waals surface area contributed by atoms with Crippen LogP contribution in [0.5, 0.6) is 0 Å². The van der Waals surface area contributed by atoms with Crippen molar-refractivity contribution in [1.82, 2.24) is 0 Å². The Kier molecular flexibility index (Phi) is 4.53. The lowest BCUT2D eigenvalue weighted by molar-refractivity contribution is 0.0526. The number of hydrogen-bond donors (Lipinski definition) is 1. The summed E-state index contributed by atoms with van der Waals surface area (Å²) in [5.41, 5.74) is 1.72. The first kappa shape index (κ1) is 15.5. The number of halogens is 1. The fourth-order valence-corrected chi connectivity index (χ4v) is 3.37. The zero-order chi connectivity index (χ0) is 14.9. The van der Waals surface area contributed by atoms with E-state index >= 15 is 0 Å². The van der Waals surface area contributed by atoms with Crippen molar-refractivity contribution in [2.24, 2.45) is 17.3 Å². The van der Waals surface area contributed by atoms with Crippen LogP contribution in [0.4, 0.5) is 4.39 Å². The highest BCUT2D eigenvalue weighted by Gasteiger charge is 2.32. The second-order valence-electron chi connectivity index (χ2n) is 7.43. The molecular weight excluding hydrogens is 251 g/mol. The minimum atomic E-state index is -0.522. The Hall–Kier alpha value is -0.890. The van der Waals surface area contributed by atoms with Crippen LogP contribution in [-0.4, -0.2) is 5.11 Å². The van der Waals surface area contributed by atoms with Crippen LogP contribution >= 0.6 is 0 Å². The molecule has 0 heterocycles. The van der Waals surface area contributed by atoms with Crippen molar-refractivity contribution in [2.45, 2.75) is 59.5 Å². The zero-order valence-electron chi connectivity index (χ0n) is 13.1. The van der Waals surface area contributed by atoms with Crippen molar-refractivity contribution in [1.29, 1.82) is 0 Å². The van der Waals surface area contributed by atoms with Gasteiger partial charge < -0.3 is 5.11 Å². The lowest BCUT2D eigenvalue weighted by Gasteiger charge is -2.38. The number of benzene rings is 1. The summed E-state index contributed by atoms with van der Waals surface area (Å²) in [5, 5.41) is 10.5. The van der Waals surface area contributed by atoms with Gasteiger partial charge in [-0.05, 0) is 67.1 Å². The molecule has 1 aliphatic rings. The van der Waals surface area contributed by atoms with Gasteiger partial charge in [-0.15, -0.1) is 0 Å². The van der Waals surface area contributed by atoms with Gasteiger partial charge in [0.05, 0.1) is 6.10 Å². The molecule has 20 heavy (non-hydrogen) atoms. The van der Waals surface area contributed by atoms with Crippen molar-refractivity contribution >= 4 is 0 Å². The van der Waals surface area contributed by atoms with Crippen molar-refractivity contribution in [3.8, 4) is 0 Å². The molecule has 1 aliphatic carbocycles. The van der Waals surface area contributed by atoms with Gasteiger partial charge in [-0.3, -0.25) is 0 Å². The van der Waals surface area contributed by atoms with Crippen LogP contribution in [-0.2, 0) is 0 Å². The molecule has 112 valence electrons. The predicted molar refractivity (Wildman–Crippen MR) is 81.0 cm³/mol. The van der Waals surface area contributed by atoms with Gasteiger partial charge in [-0.2, -0.15) is 0 Å². The molecule has 1 nitrogen and oxygen atoms in total. The SMILES string of the molecule is Cc1ccc(C(O)C2CCC(C(C)(C)C)CC2)cc1F. The summed E-state index contributed by atoms with van der Waals surface area (Å²) in [6, 6.07) is 5.11.